The van der Waals surface area contributed by atoms with Crippen molar-refractivity contribution in [2.24, 2.45) is 0 Å². The zero-order valence-corrected chi connectivity index (χ0v) is 10.7. The van der Waals surface area contributed by atoms with Crippen molar-refractivity contribution in [2.75, 3.05) is 5.73 Å². The van der Waals surface area contributed by atoms with E-state index < -0.39 is 5.97 Å². The average Bonchev–Trinajstić information content (AvgIpc) is 2.26. The van der Waals surface area contributed by atoms with E-state index >= 15 is 0 Å². The fraction of sp³-hybridized carbons (Fsp3) is 0.143. The summed E-state index contributed by atoms with van der Waals surface area (Å²) in [5.74, 6) is -0.156. The Morgan fingerprint density at radius 2 is 2.16 bits per heavy atom. The van der Waals surface area contributed by atoms with E-state index in [1.807, 2.05) is 0 Å². The number of ether oxygens (including phenoxy) is 1. The topological polar surface area (TPSA) is 85.4 Å². The smallest absolute Gasteiger partial charge is 0.339 e. The third-order valence-electron chi connectivity index (χ3n) is 2.69. The van der Waals surface area contributed by atoms with Gasteiger partial charge in [-0.05, 0) is 26.0 Å². The van der Waals surface area contributed by atoms with Gasteiger partial charge >= 0.3 is 5.97 Å². The molecule has 1 heterocycles. The lowest BCUT2D eigenvalue weighted by Gasteiger charge is -2.13. The number of aromatic nitrogens is 1. The van der Waals surface area contributed by atoms with Gasteiger partial charge in [-0.1, -0.05) is 12.6 Å². The first-order chi connectivity index (χ1) is 8.91. The number of carbonyl (C=O) groups is 1. The summed E-state index contributed by atoms with van der Waals surface area (Å²) in [6.07, 6.45) is 0. The fourth-order valence-electron chi connectivity index (χ4n) is 1.98. The first-order valence-electron chi connectivity index (χ1n) is 5.67. The van der Waals surface area contributed by atoms with Crippen molar-refractivity contribution < 1.29 is 14.6 Å². The molecule has 0 radical (unpaired) electrons. The SMILES string of the molecule is C=C(C)Oc1cccc2nc(C)c(C(=O)O)c(N)c12. The minimum absolute atomic E-state index is 0.00488. The number of pyridine rings is 1. The minimum atomic E-state index is -1.10. The number of aryl methyl sites for hydroxylation is 1. The van der Waals surface area contributed by atoms with Crippen molar-refractivity contribution >= 4 is 22.6 Å². The molecule has 0 spiro atoms. The van der Waals surface area contributed by atoms with Crippen molar-refractivity contribution in [3.8, 4) is 5.75 Å². The van der Waals surface area contributed by atoms with E-state index in [-0.39, 0.29) is 11.3 Å². The number of anilines is 1. The van der Waals surface area contributed by atoms with E-state index in [0.29, 0.717) is 28.1 Å². The Balaban J connectivity index is 2.84. The lowest BCUT2D eigenvalue weighted by molar-refractivity contribution is 0.0697. The van der Waals surface area contributed by atoms with Crippen LogP contribution in [0.5, 0.6) is 5.75 Å². The lowest BCUT2D eigenvalue weighted by atomic mass is 10.1. The molecule has 5 heteroatoms. The predicted octanol–water partition coefficient (Wildman–Crippen LogP) is 2.74. The summed E-state index contributed by atoms with van der Waals surface area (Å²) in [7, 11) is 0. The second-order valence-corrected chi connectivity index (χ2v) is 4.25. The molecular formula is C14H14N2O3. The van der Waals surface area contributed by atoms with Crippen LogP contribution in [0.15, 0.2) is 30.5 Å². The molecule has 1 aromatic heterocycles. The van der Waals surface area contributed by atoms with Gasteiger partial charge in [-0.25, -0.2) is 4.79 Å². The Hall–Kier alpha value is -2.56. The first-order valence-corrected chi connectivity index (χ1v) is 5.67. The summed E-state index contributed by atoms with van der Waals surface area (Å²) in [6, 6.07) is 5.23. The number of hydrogen-bond donors (Lipinski definition) is 2. The number of hydrogen-bond acceptors (Lipinski definition) is 4. The molecule has 0 fully saturated rings. The molecule has 0 unspecified atom stereocenters. The highest BCUT2D eigenvalue weighted by Crippen LogP contribution is 2.34. The van der Waals surface area contributed by atoms with E-state index in [0.717, 1.165) is 0 Å². The van der Waals surface area contributed by atoms with Crippen molar-refractivity contribution in [3.63, 3.8) is 0 Å². The molecule has 0 saturated heterocycles. The molecule has 0 aliphatic heterocycles. The van der Waals surface area contributed by atoms with E-state index in [1.165, 1.54) is 0 Å². The highest BCUT2D eigenvalue weighted by Gasteiger charge is 2.18. The minimum Gasteiger partial charge on any atom is -0.478 e. The Bertz CT molecular complexity index is 693. The molecule has 5 nitrogen and oxygen atoms in total. The summed E-state index contributed by atoms with van der Waals surface area (Å²) in [4.78, 5) is 15.5. The quantitative estimate of drug-likeness (QED) is 0.827. The Kier molecular flexibility index (Phi) is 3.12. The predicted molar refractivity (Wildman–Crippen MR) is 73.3 cm³/mol. The van der Waals surface area contributed by atoms with Crippen LogP contribution in [0.1, 0.15) is 23.0 Å². The van der Waals surface area contributed by atoms with Crippen molar-refractivity contribution in [1.29, 1.82) is 0 Å². The average molecular weight is 258 g/mol. The van der Waals surface area contributed by atoms with Crippen molar-refractivity contribution in [1.82, 2.24) is 4.98 Å². The van der Waals surface area contributed by atoms with E-state index in [9.17, 15) is 9.90 Å². The van der Waals surface area contributed by atoms with Crippen LogP contribution in [-0.2, 0) is 0 Å². The van der Waals surface area contributed by atoms with Crippen LogP contribution < -0.4 is 10.5 Å². The molecule has 0 saturated carbocycles. The number of aromatic carboxylic acids is 1. The number of allylic oxidation sites excluding steroid dienone is 1. The van der Waals surface area contributed by atoms with Gasteiger partial charge in [-0.3, -0.25) is 4.98 Å². The summed E-state index contributed by atoms with van der Waals surface area (Å²) >= 11 is 0. The van der Waals surface area contributed by atoms with Crippen molar-refractivity contribution in [2.45, 2.75) is 13.8 Å². The molecule has 2 aromatic rings. The maximum absolute atomic E-state index is 11.2. The maximum Gasteiger partial charge on any atom is 0.339 e. The van der Waals surface area contributed by atoms with Crippen LogP contribution in [-0.4, -0.2) is 16.1 Å². The lowest BCUT2D eigenvalue weighted by Crippen LogP contribution is -2.08. The number of benzene rings is 1. The molecule has 1 aromatic carbocycles. The van der Waals surface area contributed by atoms with Gasteiger partial charge in [-0.15, -0.1) is 0 Å². The van der Waals surface area contributed by atoms with Crippen LogP contribution in [0.3, 0.4) is 0 Å². The Morgan fingerprint density at radius 1 is 1.47 bits per heavy atom. The van der Waals surface area contributed by atoms with Gasteiger partial charge in [-0.2, -0.15) is 0 Å². The van der Waals surface area contributed by atoms with Crippen molar-refractivity contribution in [3.05, 3.63) is 41.8 Å². The first kappa shape index (κ1) is 12.9. The largest absolute Gasteiger partial charge is 0.478 e. The molecule has 19 heavy (non-hydrogen) atoms. The van der Waals surface area contributed by atoms with Crippen LogP contribution in [0, 0.1) is 6.92 Å². The zero-order valence-electron chi connectivity index (χ0n) is 10.7. The Morgan fingerprint density at radius 3 is 2.74 bits per heavy atom. The van der Waals surface area contributed by atoms with Gasteiger partial charge in [0.05, 0.1) is 28.0 Å². The van der Waals surface area contributed by atoms with Crippen LogP contribution in [0.25, 0.3) is 10.9 Å². The van der Waals surface area contributed by atoms with E-state index in [2.05, 4.69) is 11.6 Å². The summed E-state index contributed by atoms with van der Waals surface area (Å²) in [5.41, 5.74) is 7.11. The van der Waals surface area contributed by atoms with Gasteiger partial charge in [0.2, 0.25) is 0 Å². The summed E-state index contributed by atoms with van der Waals surface area (Å²) in [5, 5.41) is 9.69. The molecule has 0 aliphatic carbocycles. The maximum atomic E-state index is 11.2. The number of carboxylic acid groups (broad SMARTS) is 1. The monoisotopic (exact) mass is 258 g/mol. The zero-order chi connectivity index (χ0) is 14.2. The highest BCUT2D eigenvalue weighted by molar-refractivity contribution is 6.06. The molecule has 0 atom stereocenters. The van der Waals surface area contributed by atoms with Crippen LogP contribution in [0.2, 0.25) is 0 Å². The molecule has 98 valence electrons. The number of nitrogen functional groups attached to an aromatic ring is 1. The van der Waals surface area contributed by atoms with Crippen LogP contribution >= 0.6 is 0 Å². The van der Waals surface area contributed by atoms with Crippen LogP contribution in [0.4, 0.5) is 5.69 Å². The van der Waals surface area contributed by atoms with E-state index in [4.69, 9.17) is 10.5 Å². The molecule has 0 bridgehead atoms. The summed E-state index contributed by atoms with van der Waals surface area (Å²) in [6.45, 7) is 6.98. The third-order valence-corrected chi connectivity index (χ3v) is 2.69. The third kappa shape index (κ3) is 2.22. The molecule has 2 rings (SSSR count). The highest BCUT2D eigenvalue weighted by atomic mass is 16.5. The number of carboxylic acids is 1. The van der Waals surface area contributed by atoms with Gasteiger partial charge in [0, 0.05) is 0 Å². The second-order valence-electron chi connectivity index (χ2n) is 4.25. The number of nitrogens with zero attached hydrogens (tertiary/aromatic N) is 1. The number of fused-ring (bicyclic) bond motifs is 1. The Labute approximate surface area is 110 Å². The molecular weight excluding hydrogens is 244 g/mol. The van der Waals surface area contributed by atoms with Gasteiger partial charge < -0.3 is 15.6 Å². The standard InChI is InChI=1S/C14H14N2O3/c1-7(2)19-10-6-4-5-9-12(10)13(15)11(14(17)18)8(3)16-9/h4-6H,1H2,2-3H3,(H2,15,16)(H,17,18). The normalized spacial score (nSPS) is 10.4. The number of rotatable bonds is 3. The molecule has 0 amide bonds. The molecule has 3 N–H and O–H groups in total. The fourth-order valence-corrected chi connectivity index (χ4v) is 1.98. The van der Waals surface area contributed by atoms with Gasteiger partial charge in [0.25, 0.3) is 0 Å². The summed E-state index contributed by atoms with van der Waals surface area (Å²) < 4.78 is 5.48. The number of nitrogens with two attached hydrogens (primary N) is 1. The van der Waals surface area contributed by atoms with Gasteiger partial charge in [0.15, 0.2) is 0 Å². The second kappa shape index (κ2) is 4.61. The van der Waals surface area contributed by atoms with Gasteiger partial charge in [0.1, 0.15) is 11.3 Å². The van der Waals surface area contributed by atoms with E-state index in [1.54, 1.807) is 32.0 Å². The molecule has 0 aliphatic rings.